The minimum absolute atomic E-state index is 0.0662. The summed E-state index contributed by atoms with van der Waals surface area (Å²) >= 11 is -6.06. The van der Waals surface area contributed by atoms with E-state index < -0.39 is 62.7 Å². The van der Waals surface area contributed by atoms with E-state index in [1.807, 2.05) is 19.9 Å². The minimum atomic E-state index is -6.06. The van der Waals surface area contributed by atoms with Gasteiger partial charge in [-0.25, -0.2) is 25.3 Å². The van der Waals surface area contributed by atoms with Crippen LogP contribution in [0.15, 0.2) is 40.6 Å². The normalized spacial score (nSPS) is 25.1. The molecule has 3 saturated heterocycles. The number of aliphatic hydroxyl groups is 2. The van der Waals surface area contributed by atoms with Crippen LogP contribution >= 0.6 is 0 Å². The summed E-state index contributed by atoms with van der Waals surface area (Å²) in [5, 5.41) is 21.8. The van der Waals surface area contributed by atoms with Gasteiger partial charge in [-0.05, 0) is 45.8 Å². The van der Waals surface area contributed by atoms with Gasteiger partial charge in [-0.15, -0.1) is 0 Å². The number of nitroso groups, excluding NO2 is 1. The fourth-order valence-electron chi connectivity index (χ4n) is 4.35. The van der Waals surface area contributed by atoms with Gasteiger partial charge >= 0.3 is 29.0 Å². The molecule has 20 nitrogen and oxygen atoms in total. The van der Waals surface area contributed by atoms with E-state index in [9.17, 15) is 35.5 Å². The molecule has 2 N–H and O–H groups in total. The molecule has 0 spiro atoms. The Bertz CT molecular complexity index is 1760. The average molecular weight is 1010 g/mol. The monoisotopic (exact) mass is 1010 g/mol. The average Bonchev–Trinajstić information content (AvgIpc) is 3.72. The van der Waals surface area contributed by atoms with Gasteiger partial charge in [0.25, 0.3) is 0 Å². The topological polar surface area (TPSA) is 278 Å². The quantitative estimate of drug-likeness (QED) is 0.257. The molecule has 24 heteroatoms. The molecule has 3 heterocycles. The zero-order valence-electron chi connectivity index (χ0n) is 32.4. The third-order valence-electron chi connectivity index (χ3n) is 7.64. The second kappa shape index (κ2) is 24.6. The molecule has 0 radical (unpaired) electrons. The van der Waals surface area contributed by atoms with Gasteiger partial charge in [0, 0.05) is 60.6 Å². The van der Waals surface area contributed by atoms with Gasteiger partial charge in [0.1, 0.15) is 11.7 Å². The van der Waals surface area contributed by atoms with E-state index in [1.54, 1.807) is 14.2 Å². The first-order chi connectivity index (χ1) is 23.8. The van der Waals surface area contributed by atoms with Gasteiger partial charge in [-0.3, -0.25) is 0 Å². The van der Waals surface area contributed by atoms with Crippen LogP contribution in [0.4, 0.5) is 0 Å². The molecule has 316 valence electrons. The van der Waals surface area contributed by atoms with Crippen molar-refractivity contribution in [1.82, 2.24) is 12.9 Å². The number of hydrogen-bond donors (Lipinski definition) is 2. The third-order valence-corrected chi connectivity index (χ3v) is 11.3. The second-order valence-electron chi connectivity index (χ2n) is 11.9. The van der Waals surface area contributed by atoms with Gasteiger partial charge in [0.05, 0.1) is 44.1 Å². The summed E-state index contributed by atoms with van der Waals surface area (Å²) in [6.45, 7) is 14.9. The molecule has 0 unspecified atom stereocenters. The van der Waals surface area contributed by atoms with Crippen LogP contribution in [-0.4, -0.2) is 165 Å². The summed E-state index contributed by atoms with van der Waals surface area (Å²) in [5.74, 6) is 0. The molecule has 0 amide bonds. The molecule has 0 bridgehead atoms. The van der Waals surface area contributed by atoms with E-state index in [4.69, 9.17) is 33.3 Å². The van der Waals surface area contributed by atoms with Crippen LogP contribution < -0.4 is 0 Å². The molecule has 3 rings (SSSR count). The van der Waals surface area contributed by atoms with Crippen molar-refractivity contribution in [1.29, 1.82) is 0 Å². The Morgan fingerprint density at radius 2 is 1.21 bits per heavy atom. The summed E-state index contributed by atoms with van der Waals surface area (Å²) in [7, 11) is -3.80. The summed E-state index contributed by atoms with van der Waals surface area (Å²) < 4.78 is 121. The molecular weight excluding hydrogens is 947 g/mol. The number of rotatable bonds is 7. The number of allylic oxidation sites excluding steroid dienone is 3. The van der Waals surface area contributed by atoms with Crippen molar-refractivity contribution in [3.05, 3.63) is 40.4 Å². The Balaban J connectivity index is -0.000000610. The molecule has 0 aliphatic carbocycles. The van der Waals surface area contributed by atoms with Crippen molar-refractivity contribution in [2.45, 2.75) is 64.6 Å². The predicted molar refractivity (Wildman–Crippen MR) is 191 cm³/mol. The van der Waals surface area contributed by atoms with E-state index in [-0.39, 0.29) is 25.3 Å². The predicted octanol–water partition coefficient (Wildman–Crippen LogP) is 0.322. The van der Waals surface area contributed by atoms with Crippen molar-refractivity contribution >= 4 is 30.1 Å². The van der Waals surface area contributed by atoms with Crippen molar-refractivity contribution in [3.63, 3.8) is 0 Å². The summed E-state index contributed by atoms with van der Waals surface area (Å²) in [6.07, 6.45) is 5.52. The van der Waals surface area contributed by atoms with Crippen molar-refractivity contribution < 1.29 is 78.7 Å². The Morgan fingerprint density at radius 1 is 0.849 bits per heavy atom. The molecule has 0 saturated carbocycles. The van der Waals surface area contributed by atoms with Gasteiger partial charge < -0.3 is 24.4 Å². The molecule has 3 aliphatic heterocycles. The number of hydrogen-bond acceptors (Lipinski definition) is 17. The first kappa shape index (κ1) is 55.5. The maximum atomic E-state index is 11.3. The number of sulfonamides is 3. The molecular formula is C29H58N4O16OsS3. The van der Waals surface area contributed by atoms with E-state index >= 15 is 0 Å². The second-order valence-corrected chi connectivity index (χ2v) is 20.4. The van der Waals surface area contributed by atoms with Crippen molar-refractivity contribution in [3.8, 4) is 0 Å². The van der Waals surface area contributed by atoms with Gasteiger partial charge in [0.2, 0.25) is 30.1 Å². The number of aliphatic hydroxyl groups excluding tert-OH is 1. The molecule has 3 aliphatic rings. The zero-order chi connectivity index (χ0) is 42.8. The molecule has 5 atom stereocenters. The van der Waals surface area contributed by atoms with E-state index in [1.165, 1.54) is 47.8 Å². The summed E-state index contributed by atoms with van der Waals surface area (Å²) in [5.41, 5.74) is 1.71. The van der Waals surface area contributed by atoms with Gasteiger partial charge in [0.15, 0.2) is 0 Å². The van der Waals surface area contributed by atoms with Gasteiger partial charge in [-0.1, -0.05) is 29.5 Å². The van der Waals surface area contributed by atoms with Gasteiger partial charge in [-0.2, -0.15) is 17.8 Å². The van der Waals surface area contributed by atoms with E-state index in [0.717, 1.165) is 21.7 Å². The zero-order valence-corrected chi connectivity index (χ0v) is 37.4. The first-order valence-electron chi connectivity index (χ1n) is 15.4. The summed E-state index contributed by atoms with van der Waals surface area (Å²) in [4.78, 5) is 8.56. The van der Waals surface area contributed by atoms with Crippen LogP contribution in [-0.2, 0) is 73.3 Å². The Labute approximate surface area is 316 Å². The van der Waals surface area contributed by atoms with Crippen LogP contribution in [0, 0.1) is 4.91 Å². The maximum absolute atomic E-state index is 11.3. The number of ether oxygens (including phenoxy) is 3. The number of β-amino-alcohol motifs (C(OH)–C–C–N with tert-alkyl or cyclic N) is 1. The number of methoxy groups -OCH3 is 3. The third kappa shape index (κ3) is 23.0. The van der Waals surface area contributed by atoms with E-state index in [2.05, 4.69) is 31.7 Å². The first-order valence-corrected chi connectivity index (χ1v) is 25.1. The van der Waals surface area contributed by atoms with E-state index in [0.29, 0.717) is 26.2 Å². The molecule has 3 fully saturated rings. The van der Waals surface area contributed by atoms with Crippen LogP contribution in [0.5, 0.6) is 0 Å². The molecule has 0 aromatic rings. The van der Waals surface area contributed by atoms with Crippen LogP contribution in [0.3, 0.4) is 0 Å². The fourth-order valence-corrected chi connectivity index (χ4v) is 6.80. The van der Waals surface area contributed by atoms with Crippen LogP contribution in [0.2, 0.25) is 0 Å². The Kier molecular flexibility index (Phi) is 25.8. The van der Waals surface area contributed by atoms with Crippen molar-refractivity contribution in [2.24, 2.45) is 5.18 Å². The van der Waals surface area contributed by atoms with Crippen LogP contribution in [0.25, 0.3) is 0 Å². The van der Waals surface area contributed by atoms with Crippen molar-refractivity contribution in [2.75, 3.05) is 86.4 Å². The summed E-state index contributed by atoms with van der Waals surface area (Å²) in [6, 6.07) is 0. The molecule has 0 aromatic carbocycles. The fraction of sp³-hybridized carbons (Fsp3) is 0.793. The SMILES string of the molecule is C/C=C1\CN(S(C)(=O)=O)C[C@@H]1OC.C=C1CN(S(C)(=O)=O)C[C@@H]1OC.CC=C(C)C.CN=O.CO[C@H]1CN(S(C)(=O)=O)C[C@@]1(O)[C@H](C)O.[O]=[Os](=[O])(=[O])=[O]. The standard InChI is InChI=1S/C8H17NO5S.C8H15NO3S.C7H13NO3S.C5H10.CH3NO.4O.Os/c1-6(10)8(11)5-9(15(3,12)13)4-7(8)14-2;1-4-7-5-9(13(3,10)11)6-8(7)12-2;1-6-4-8(12(3,9)10)5-7(6)11-2;1-4-5(2)3;1-2-3;;;;;/h6-7,10-11H,4-5H2,1-3H3;4,8H,5-6H2,1-3H3;7H,1,4-5H2,2-3H3;4H,1-3H3;1H3;;;;;/b;7-4+;;;;;;;;/t6-,7-,8+;8-;7-;;;;;;;/m000......./s1. The molecule has 53 heavy (non-hydrogen) atoms. The Hall–Kier alpha value is -1.81. The molecule has 0 aromatic heterocycles. The van der Waals surface area contributed by atoms with Crippen LogP contribution in [0.1, 0.15) is 34.6 Å². The Morgan fingerprint density at radius 3 is 1.42 bits per heavy atom. The number of nitrogens with zero attached hydrogens (tertiary/aromatic N) is 4.